The van der Waals surface area contributed by atoms with Gasteiger partial charge in [0, 0.05) is 25.2 Å². The van der Waals surface area contributed by atoms with Crippen LogP contribution in [0.3, 0.4) is 0 Å². The third-order valence-corrected chi connectivity index (χ3v) is 3.97. The van der Waals surface area contributed by atoms with Crippen molar-refractivity contribution in [2.24, 2.45) is 11.7 Å². The van der Waals surface area contributed by atoms with Gasteiger partial charge in [0.05, 0.1) is 0 Å². The molecule has 2 aromatic rings. The molecule has 10 heteroatoms. The molecule has 0 aliphatic carbocycles. The molecule has 4 N–H and O–H groups in total. The summed E-state index contributed by atoms with van der Waals surface area (Å²) in [6, 6.07) is 5.35. The summed E-state index contributed by atoms with van der Waals surface area (Å²) >= 11 is 0. The van der Waals surface area contributed by atoms with Crippen molar-refractivity contribution < 1.29 is 19.1 Å². The van der Waals surface area contributed by atoms with E-state index in [9.17, 15) is 19.2 Å². The minimum atomic E-state index is -1.02. The Morgan fingerprint density at radius 2 is 2.14 bits per heavy atom. The predicted octanol–water partition coefficient (Wildman–Crippen LogP) is -0.225. The van der Waals surface area contributed by atoms with Crippen LogP contribution in [0.15, 0.2) is 35.3 Å². The fraction of sp³-hybridized carbons (Fsp3) is 0.389. The molecule has 2 atom stereocenters. The van der Waals surface area contributed by atoms with Gasteiger partial charge in [0.2, 0.25) is 0 Å². The minimum Gasteiger partial charge on any atom is -0.453 e. The van der Waals surface area contributed by atoms with Crippen LogP contribution in [0.4, 0.5) is 0 Å². The zero-order valence-corrected chi connectivity index (χ0v) is 15.6. The molecule has 0 bridgehead atoms. The highest BCUT2D eigenvalue weighted by Crippen LogP contribution is 2.04. The lowest BCUT2D eigenvalue weighted by atomic mass is 10.1. The first kappa shape index (κ1) is 21.0. The van der Waals surface area contributed by atoms with E-state index in [4.69, 9.17) is 10.5 Å². The number of rotatable bonds is 9. The molecular formula is C18H23N5O5. The van der Waals surface area contributed by atoms with E-state index >= 15 is 0 Å². The normalized spacial score (nSPS) is 13.0. The van der Waals surface area contributed by atoms with Crippen LogP contribution in [0, 0.1) is 5.92 Å². The Hall–Kier alpha value is -3.27. The molecule has 0 aromatic carbocycles. The van der Waals surface area contributed by atoms with Crippen LogP contribution in [0.1, 0.15) is 30.8 Å². The number of hydrogen-bond donors (Lipinski definition) is 3. The predicted molar refractivity (Wildman–Crippen MR) is 99.9 cm³/mol. The zero-order chi connectivity index (χ0) is 20.7. The third kappa shape index (κ3) is 5.36. The Kier molecular flexibility index (Phi) is 7.21. The first-order valence-corrected chi connectivity index (χ1v) is 8.76. The summed E-state index contributed by atoms with van der Waals surface area (Å²) in [7, 11) is 0. The van der Waals surface area contributed by atoms with Crippen LogP contribution >= 0.6 is 0 Å². The average Bonchev–Trinajstić information content (AvgIpc) is 3.08. The molecule has 0 saturated carbocycles. The molecule has 0 aliphatic heterocycles. The lowest BCUT2D eigenvalue weighted by Gasteiger charge is -2.18. The SMILES string of the molecule is CC(C)[C@H](N)C(=O)OC(C=O)CCNC(=O)c1cc(=O)n(-c2ccccn2)[nH]1. The van der Waals surface area contributed by atoms with Gasteiger partial charge in [0.25, 0.3) is 11.5 Å². The van der Waals surface area contributed by atoms with Crippen molar-refractivity contribution in [1.82, 2.24) is 20.1 Å². The number of H-pyrrole nitrogens is 1. The largest absolute Gasteiger partial charge is 0.453 e. The molecule has 0 radical (unpaired) electrons. The summed E-state index contributed by atoms with van der Waals surface area (Å²) in [6.45, 7) is 3.59. The number of pyridine rings is 1. The fourth-order valence-corrected chi connectivity index (χ4v) is 2.25. The highest BCUT2D eigenvalue weighted by molar-refractivity contribution is 5.92. The van der Waals surface area contributed by atoms with Gasteiger partial charge in [-0.05, 0) is 18.1 Å². The molecular weight excluding hydrogens is 366 g/mol. The fourth-order valence-electron chi connectivity index (χ4n) is 2.25. The number of hydrogen-bond acceptors (Lipinski definition) is 7. The number of nitrogens with two attached hydrogens (primary N) is 1. The van der Waals surface area contributed by atoms with E-state index in [1.807, 2.05) is 0 Å². The average molecular weight is 389 g/mol. The van der Waals surface area contributed by atoms with E-state index in [1.54, 1.807) is 32.0 Å². The van der Waals surface area contributed by atoms with Crippen molar-refractivity contribution in [3.63, 3.8) is 0 Å². The molecule has 2 rings (SSSR count). The Labute approximate surface area is 161 Å². The van der Waals surface area contributed by atoms with Crippen molar-refractivity contribution in [1.29, 1.82) is 0 Å². The number of aromatic nitrogens is 3. The van der Waals surface area contributed by atoms with Gasteiger partial charge in [0.1, 0.15) is 11.7 Å². The second-order valence-corrected chi connectivity index (χ2v) is 6.46. The van der Waals surface area contributed by atoms with Crippen molar-refractivity contribution >= 4 is 18.2 Å². The molecule has 1 amide bonds. The standard InChI is InChI=1S/C18H23N5O5/c1-11(2)16(19)18(27)28-12(10-24)6-8-21-17(26)13-9-15(25)23(22-13)14-5-3-4-7-20-14/h3-5,7,9-12,16,22H,6,8,19H2,1-2H3,(H,21,26)/t12?,16-/m0/s1. The van der Waals surface area contributed by atoms with Crippen molar-refractivity contribution in [2.75, 3.05) is 6.54 Å². The van der Waals surface area contributed by atoms with Crippen LogP contribution in [0.2, 0.25) is 0 Å². The summed E-state index contributed by atoms with van der Waals surface area (Å²) in [5, 5.41) is 5.22. The van der Waals surface area contributed by atoms with Crippen LogP contribution < -0.4 is 16.6 Å². The van der Waals surface area contributed by atoms with Gasteiger partial charge < -0.3 is 15.8 Å². The van der Waals surface area contributed by atoms with Crippen molar-refractivity contribution in [3.8, 4) is 5.82 Å². The lowest BCUT2D eigenvalue weighted by molar-refractivity contribution is -0.154. The van der Waals surface area contributed by atoms with Crippen LogP contribution in [-0.4, -0.2) is 51.6 Å². The van der Waals surface area contributed by atoms with Gasteiger partial charge >= 0.3 is 5.97 Å². The molecule has 2 heterocycles. The van der Waals surface area contributed by atoms with E-state index in [-0.39, 0.29) is 24.6 Å². The summed E-state index contributed by atoms with van der Waals surface area (Å²) < 4.78 is 6.17. The molecule has 150 valence electrons. The van der Waals surface area contributed by atoms with E-state index in [2.05, 4.69) is 15.4 Å². The number of nitrogens with one attached hydrogen (secondary N) is 2. The second-order valence-electron chi connectivity index (χ2n) is 6.46. The van der Waals surface area contributed by atoms with Crippen LogP contribution in [0.25, 0.3) is 5.82 Å². The van der Waals surface area contributed by atoms with Gasteiger partial charge in [0.15, 0.2) is 18.2 Å². The van der Waals surface area contributed by atoms with Gasteiger partial charge in [-0.3, -0.25) is 24.3 Å². The molecule has 0 aliphatic rings. The Morgan fingerprint density at radius 3 is 2.75 bits per heavy atom. The van der Waals surface area contributed by atoms with Gasteiger partial charge in [-0.1, -0.05) is 19.9 Å². The van der Waals surface area contributed by atoms with E-state index in [0.29, 0.717) is 12.1 Å². The molecule has 0 spiro atoms. The maximum absolute atomic E-state index is 12.2. The number of aromatic amines is 1. The highest BCUT2D eigenvalue weighted by Gasteiger charge is 2.22. The summed E-state index contributed by atoms with van der Waals surface area (Å²) in [5.41, 5.74) is 5.28. The number of ether oxygens (including phenoxy) is 1. The summed E-state index contributed by atoms with van der Waals surface area (Å²) in [6.07, 6.45) is 1.07. The summed E-state index contributed by atoms with van der Waals surface area (Å²) in [4.78, 5) is 51.1. The maximum Gasteiger partial charge on any atom is 0.323 e. The number of carbonyl (C=O) groups excluding carboxylic acids is 3. The molecule has 0 saturated heterocycles. The maximum atomic E-state index is 12.2. The Morgan fingerprint density at radius 1 is 1.39 bits per heavy atom. The lowest BCUT2D eigenvalue weighted by Crippen LogP contribution is -2.40. The summed E-state index contributed by atoms with van der Waals surface area (Å²) in [5.74, 6) is -0.989. The third-order valence-electron chi connectivity index (χ3n) is 3.97. The quantitative estimate of drug-likeness (QED) is 0.396. The first-order chi connectivity index (χ1) is 13.3. The Bertz CT molecular complexity index is 874. The minimum absolute atomic E-state index is 0.0390. The number of carbonyl (C=O) groups is 3. The van der Waals surface area contributed by atoms with E-state index in [1.165, 1.54) is 6.20 Å². The number of amides is 1. The van der Waals surface area contributed by atoms with Crippen LogP contribution in [0.5, 0.6) is 0 Å². The van der Waals surface area contributed by atoms with Crippen molar-refractivity contribution in [3.05, 3.63) is 46.5 Å². The zero-order valence-electron chi connectivity index (χ0n) is 15.6. The topological polar surface area (TPSA) is 149 Å². The second kappa shape index (κ2) is 9.60. The number of aldehydes is 1. The number of nitrogens with zero attached hydrogens (tertiary/aromatic N) is 2. The monoisotopic (exact) mass is 389 g/mol. The van der Waals surface area contributed by atoms with Crippen LogP contribution in [-0.2, 0) is 14.3 Å². The Balaban J connectivity index is 1.91. The van der Waals surface area contributed by atoms with E-state index in [0.717, 1.165) is 10.7 Å². The highest BCUT2D eigenvalue weighted by atomic mass is 16.5. The molecule has 28 heavy (non-hydrogen) atoms. The van der Waals surface area contributed by atoms with E-state index < -0.39 is 29.6 Å². The van der Waals surface area contributed by atoms with Gasteiger partial charge in [-0.15, -0.1) is 0 Å². The van der Waals surface area contributed by atoms with Crippen molar-refractivity contribution in [2.45, 2.75) is 32.4 Å². The molecule has 10 nitrogen and oxygen atoms in total. The van der Waals surface area contributed by atoms with Gasteiger partial charge in [-0.2, -0.15) is 0 Å². The molecule has 2 aromatic heterocycles. The molecule has 1 unspecified atom stereocenters. The number of esters is 1. The smallest absolute Gasteiger partial charge is 0.323 e. The van der Waals surface area contributed by atoms with Gasteiger partial charge in [-0.25, -0.2) is 9.67 Å². The first-order valence-electron chi connectivity index (χ1n) is 8.76. The molecule has 0 fully saturated rings.